The minimum atomic E-state index is 0.828. The van der Waals surface area contributed by atoms with E-state index in [1.165, 1.54) is 16.7 Å². The van der Waals surface area contributed by atoms with Gasteiger partial charge in [-0.05, 0) is 43.8 Å². The van der Waals surface area contributed by atoms with Gasteiger partial charge in [-0.1, -0.05) is 47.5 Å². The molecular weight excluding hydrogens is 314 g/mol. The highest BCUT2D eigenvalue weighted by Gasteiger charge is 2.19. The first kappa shape index (κ1) is 16.9. The molecule has 0 aromatic heterocycles. The summed E-state index contributed by atoms with van der Waals surface area (Å²) in [5, 5.41) is 4.18. The highest BCUT2D eigenvalue weighted by molar-refractivity contribution is 7.80. The van der Waals surface area contributed by atoms with Crippen molar-refractivity contribution >= 4 is 23.0 Å². The number of nitrogens with one attached hydrogen (secondary N) is 1. The highest BCUT2D eigenvalue weighted by atomic mass is 32.1. The number of piperazine rings is 1. The lowest BCUT2D eigenvalue weighted by molar-refractivity contribution is 0.177. The van der Waals surface area contributed by atoms with E-state index in [-0.39, 0.29) is 0 Å². The molecule has 0 radical (unpaired) electrons. The van der Waals surface area contributed by atoms with Crippen molar-refractivity contribution in [2.75, 3.05) is 31.5 Å². The SMILES string of the molecule is Cc1ccc(NC(=S)N2CCN(Cc3cccc(C)c3)CC2)cc1. The Morgan fingerprint density at radius 2 is 1.67 bits per heavy atom. The summed E-state index contributed by atoms with van der Waals surface area (Å²) in [6, 6.07) is 17.1. The summed E-state index contributed by atoms with van der Waals surface area (Å²) in [6.07, 6.45) is 0. The van der Waals surface area contributed by atoms with Crippen LogP contribution < -0.4 is 5.32 Å². The molecule has 0 atom stereocenters. The van der Waals surface area contributed by atoms with Gasteiger partial charge in [0, 0.05) is 38.4 Å². The lowest BCUT2D eigenvalue weighted by Crippen LogP contribution is -2.49. The molecule has 1 saturated heterocycles. The third kappa shape index (κ3) is 4.56. The van der Waals surface area contributed by atoms with Crippen LogP contribution in [0, 0.1) is 13.8 Å². The fraction of sp³-hybridized carbons (Fsp3) is 0.350. The van der Waals surface area contributed by atoms with Crippen LogP contribution in [0.15, 0.2) is 48.5 Å². The monoisotopic (exact) mass is 339 g/mol. The molecule has 2 aromatic rings. The summed E-state index contributed by atoms with van der Waals surface area (Å²) in [7, 11) is 0. The van der Waals surface area contributed by atoms with Gasteiger partial charge in [-0.15, -0.1) is 0 Å². The topological polar surface area (TPSA) is 18.5 Å². The molecule has 0 spiro atoms. The maximum absolute atomic E-state index is 5.57. The van der Waals surface area contributed by atoms with E-state index in [1.54, 1.807) is 0 Å². The number of benzene rings is 2. The Bertz CT molecular complexity index is 688. The van der Waals surface area contributed by atoms with E-state index in [4.69, 9.17) is 12.2 Å². The van der Waals surface area contributed by atoms with Gasteiger partial charge in [0.1, 0.15) is 0 Å². The lowest BCUT2D eigenvalue weighted by atomic mass is 10.1. The zero-order valence-corrected chi connectivity index (χ0v) is 15.3. The van der Waals surface area contributed by atoms with Crippen LogP contribution in [0.2, 0.25) is 0 Å². The zero-order valence-electron chi connectivity index (χ0n) is 14.5. The summed E-state index contributed by atoms with van der Waals surface area (Å²) in [5.41, 5.74) is 5.04. The summed E-state index contributed by atoms with van der Waals surface area (Å²) in [4.78, 5) is 4.77. The smallest absolute Gasteiger partial charge is 0.173 e. The molecule has 4 heteroatoms. The Kier molecular flexibility index (Phi) is 5.48. The van der Waals surface area contributed by atoms with Crippen LogP contribution in [0.4, 0.5) is 5.69 Å². The minimum absolute atomic E-state index is 0.828. The summed E-state index contributed by atoms with van der Waals surface area (Å²) < 4.78 is 0. The fourth-order valence-electron chi connectivity index (χ4n) is 3.02. The molecule has 1 aliphatic rings. The molecule has 3 rings (SSSR count). The summed E-state index contributed by atoms with van der Waals surface area (Å²) in [6.45, 7) is 9.31. The third-order valence-electron chi connectivity index (χ3n) is 4.45. The molecule has 1 heterocycles. The Morgan fingerprint density at radius 3 is 2.33 bits per heavy atom. The normalized spacial score (nSPS) is 15.3. The molecule has 3 nitrogen and oxygen atoms in total. The second-order valence-corrected chi connectivity index (χ2v) is 6.94. The Morgan fingerprint density at radius 1 is 0.958 bits per heavy atom. The molecule has 1 N–H and O–H groups in total. The average molecular weight is 340 g/mol. The number of hydrogen-bond donors (Lipinski definition) is 1. The Labute approximate surface area is 150 Å². The second-order valence-electron chi connectivity index (χ2n) is 6.55. The van der Waals surface area contributed by atoms with Gasteiger partial charge in [-0.2, -0.15) is 0 Å². The zero-order chi connectivity index (χ0) is 16.9. The van der Waals surface area contributed by atoms with Crippen molar-refractivity contribution in [1.29, 1.82) is 0 Å². The van der Waals surface area contributed by atoms with E-state index in [1.807, 2.05) is 0 Å². The van der Waals surface area contributed by atoms with E-state index < -0.39 is 0 Å². The van der Waals surface area contributed by atoms with Crippen molar-refractivity contribution in [1.82, 2.24) is 9.80 Å². The number of rotatable bonds is 3. The molecule has 1 aliphatic heterocycles. The first-order valence-corrected chi connectivity index (χ1v) is 8.91. The van der Waals surface area contributed by atoms with Crippen molar-refractivity contribution in [2.45, 2.75) is 20.4 Å². The molecule has 0 aliphatic carbocycles. The average Bonchev–Trinajstić information content (AvgIpc) is 2.57. The van der Waals surface area contributed by atoms with Gasteiger partial charge in [-0.25, -0.2) is 0 Å². The van der Waals surface area contributed by atoms with Crippen LogP contribution in [-0.2, 0) is 6.54 Å². The molecule has 2 aromatic carbocycles. The maximum Gasteiger partial charge on any atom is 0.173 e. The van der Waals surface area contributed by atoms with Crippen molar-refractivity contribution in [3.05, 3.63) is 65.2 Å². The molecular formula is C20H25N3S. The molecule has 0 amide bonds. The predicted octanol–water partition coefficient (Wildman–Crippen LogP) is 3.82. The van der Waals surface area contributed by atoms with E-state index >= 15 is 0 Å². The molecule has 0 bridgehead atoms. The fourth-order valence-corrected chi connectivity index (χ4v) is 3.32. The molecule has 24 heavy (non-hydrogen) atoms. The number of anilines is 1. The molecule has 1 fully saturated rings. The summed E-state index contributed by atoms with van der Waals surface area (Å²) >= 11 is 5.57. The number of thiocarbonyl (C=S) groups is 1. The van der Waals surface area contributed by atoms with Crippen LogP contribution >= 0.6 is 12.2 Å². The second kappa shape index (κ2) is 7.77. The quantitative estimate of drug-likeness (QED) is 0.857. The number of aryl methyl sites for hydroxylation is 2. The van der Waals surface area contributed by atoms with Crippen LogP contribution in [0.3, 0.4) is 0 Å². The van der Waals surface area contributed by atoms with Gasteiger partial charge >= 0.3 is 0 Å². The van der Waals surface area contributed by atoms with Gasteiger partial charge in [0.25, 0.3) is 0 Å². The summed E-state index contributed by atoms with van der Waals surface area (Å²) in [5.74, 6) is 0. The Balaban J connectivity index is 1.49. The van der Waals surface area contributed by atoms with Gasteiger partial charge in [-0.3, -0.25) is 4.90 Å². The van der Waals surface area contributed by atoms with Gasteiger partial charge < -0.3 is 10.2 Å². The number of hydrogen-bond acceptors (Lipinski definition) is 2. The van der Waals surface area contributed by atoms with Crippen molar-refractivity contribution in [3.8, 4) is 0 Å². The Hall–Kier alpha value is -1.91. The largest absolute Gasteiger partial charge is 0.346 e. The number of nitrogens with zero attached hydrogens (tertiary/aromatic N) is 2. The van der Waals surface area contributed by atoms with Gasteiger partial charge in [0.2, 0.25) is 0 Å². The van der Waals surface area contributed by atoms with E-state index in [9.17, 15) is 0 Å². The molecule has 126 valence electrons. The van der Waals surface area contributed by atoms with Crippen LogP contribution in [0.1, 0.15) is 16.7 Å². The van der Waals surface area contributed by atoms with Crippen LogP contribution in [0.5, 0.6) is 0 Å². The predicted molar refractivity (Wildman–Crippen MR) is 105 cm³/mol. The minimum Gasteiger partial charge on any atom is -0.346 e. The van der Waals surface area contributed by atoms with Gasteiger partial charge in [0.15, 0.2) is 5.11 Å². The van der Waals surface area contributed by atoms with Crippen molar-refractivity contribution in [2.24, 2.45) is 0 Å². The molecule has 0 unspecified atom stereocenters. The maximum atomic E-state index is 5.57. The van der Waals surface area contributed by atoms with Crippen molar-refractivity contribution < 1.29 is 0 Å². The van der Waals surface area contributed by atoms with Crippen LogP contribution in [0.25, 0.3) is 0 Å². The van der Waals surface area contributed by atoms with E-state index in [0.29, 0.717) is 0 Å². The first-order valence-electron chi connectivity index (χ1n) is 8.51. The van der Waals surface area contributed by atoms with E-state index in [0.717, 1.165) is 43.5 Å². The first-order chi connectivity index (χ1) is 11.6. The lowest BCUT2D eigenvalue weighted by Gasteiger charge is -2.36. The third-order valence-corrected chi connectivity index (χ3v) is 4.81. The molecule has 0 saturated carbocycles. The highest BCUT2D eigenvalue weighted by Crippen LogP contribution is 2.13. The standard InChI is InChI=1S/C20H25N3S/c1-16-6-8-19(9-7-16)21-20(24)23-12-10-22(11-13-23)15-18-5-3-4-17(2)14-18/h3-9,14H,10-13,15H2,1-2H3,(H,21,24). The van der Waals surface area contributed by atoms with Crippen LogP contribution in [-0.4, -0.2) is 41.1 Å². The van der Waals surface area contributed by atoms with E-state index in [2.05, 4.69) is 77.5 Å². The van der Waals surface area contributed by atoms with Crippen molar-refractivity contribution in [3.63, 3.8) is 0 Å². The van der Waals surface area contributed by atoms with Gasteiger partial charge in [0.05, 0.1) is 0 Å².